The van der Waals surface area contributed by atoms with Crippen molar-refractivity contribution >= 4 is 11.8 Å². The summed E-state index contributed by atoms with van der Waals surface area (Å²) in [5, 5.41) is 10.0. The van der Waals surface area contributed by atoms with Crippen molar-refractivity contribution in [2.24, 2.45) is 0 Å². The fourth-order valence-corrected chi connectivity index (χ4v) is 3.16. The lowest BCUT2D eigenvalue weighted by Gasteiger charge is -2.10. The van der Waals surface area contributed by atoms with E-state index in [4.69, 9.17) is 0 Å². The van der Waals surface area contributed by atoms with Crippen LogP contribution in [0.2, 0.25) is 0 Å². The summed E-state index contributed by atoms with van der Waals surface area (Å²) in [4.78, 5) is 1.24. The van der Waals surface area contributed by atoms with Gasteiger partial charge in [0, 0.05) is 10.6 Å². The van der Waals surface area contributed by atoms with Crippen LogP contribution in [0.5, 0.6) is 0 Å². The van der Waals surface area contributed by atoms with E-state index in [1.807, 2.05) is 6.07 Å². The average molecular weight is 286 g/mol. The van der Waals surface area contributed by atoms with Crippen LogP contribution >= 0.6 is 11.8 Å². The van der Waals surface area contributed by atoms with Crippen LogP contribution in [0, 0.1) is 6.92 Å². The molecule has 1 unspecified atom stereocenters. The van der Waals surface area contributed by atoms with Gasteiger partial charge in [0.05, 0.1) is 6.10 Å². The van der Waals surface area contributed by atoms with E-state index in [9.17, 15) is 5.11 Å². The van der Waals surface area contributed by atoms with Crippen molar-refractivity contribution in [3.8, 4) is 0 Å². The molecule has 0 aliphatic carbocycles. The van der Waals surface area contributed by atoms with Crippen LogP contribution in [-0.4, -0.2) is 17.0 Å². The summed E-state index contributed by atoms with van der Waals surface area (Å²) in [7, 11) is 0. The van der Waals surface area contributed by atoms with Gasteiger partial charge in [0.25, 0.3) is 0 Å². The Morgan fingerprint density at radius 3 is 2.60 bits per heavy atom. The molecule has 0 fully saturated rings. The molecule has 106 valence electrons. The number of hydrogen-bond acceptors (Lipinski definition) is 2. The molecule has 0 amide bonds. The zero-order valence-electron chi connectivity index (χ0n) is 12.0. The Kier molecular flexibility index (Phi) is 6.16. The van der Waals surface area contributed by atoms with Gasteiger partial charge in [-0.25, -0.2) is 0 Å². The highest BCUT2D eigenvalue weighted by Gasteiger charge is 2.05. The molecule has 0 bridgehead atoms. The number of aryl methyl sites for hydroxylation is 2. The van der Waals surface area contributed by atoms with E-state index in [0.29, 0.717) is 0 Å². The SMILES string of the molecule is Cc1cccc(SCC(O)CCCc2ccccc2)c1. The van der Waals surface area contributed by atoms with Crippen LogP contribution < -0.4 is 0 Å². The third kappa shape index (κ3) is 5.40. The normalized spacial score (nSPS) is 12.3. The topological polar surface area (TPSA) is 20.2 Å². The Morgan fingerprint density at radius 2 is 1.85 bits per heavy atom. The van der Waals surface area contributed by atoms with E-state index in [0.717, 1.165) is 25.0 Å². The van der Waals surface area contributed by atoms with E-state index in [1.165, 1.54) is 16.0 Å². The van der Waals surface area contributed by atoms with Crippen molar-refractivity contribution in [1.29, 1.82) is 0 Å². The Labute approximate surface area is 126 Å². The fourth-order valence-electron chi connectivity index (χ4n) is 2.17. The zero-order valence-corrected chi connectivity index (χ0v) is 12.8. The molecule has 0 aliphatic rings. The summed E-state index contributed by atoms with van der Waals surface area (Å²) in [6, 6.07) is 18.9. The van der Waals surface area contributed by atoms with E-state index in [-0.39, 0.29) is 6.10 Å². The average Bonchev–Trinajstić information content (AvgIpc) is 2.46. The van der Waals surface area contributed by atoms with Gasteiger partial charge < -0.3 is 5.11 Å². The van der Waals surface area contributed by atoms with Crippen molar-refractivity contribution in [3.63, 3.8) is 0 Å². The molecular weight excluding hydrogens is 264 g/mol. The number of aliphatic hydroxyl groups is 1. The first-order valence-corrected chi connectivity index (χ1v) is 8.14. The lowest BCUT2D eigenvalue weighted by molar-refractivity contribution is 0.186. The summed E-state index contributed by atoms with van der Waals surface area (Å²) < 4.78 is 0. The number of hydrogen-bond donors (Lipinski definition) is 1. The van der Waals surface area contributed by atoms with Gasteiger partial charge in [0.2, 0.25) is 0 Å². The van der Waals surface area contributed by atoms with Crippen molar-refractivity contribution in [2.45, 2.75) is 37.2 Å². The molecule has 1 N–H and O–H groups in total. The molecular formula is C18H22OS. The van der Waals surface area contributed by atoms with Gasteiger partial charge in [-0.15, -0.1) is 11.8 Å². The molecule has 0 heterocycles. The highest BCUT2D eigenvalue weighted by Crippen LogP contribution is 2.21. The van der Waals surface area contributed by atoms with E-state index < -0.39 is 0 Å². The Hall–Kier alpha value is -1.25. The molecule has 0 aliphatic heterocycles. The first-order chi connectivity index (χ1) is 9.74. The first-order valence-electron chi connectivity index (χ1n) is 7.15. The molecule has 0 spiro atoms. The molecule has 0 saturated carbocycles. The maximum atomic E-state index is 10.0. The minimum absolute atomic E-state index is 0.218. The second-order valence-electron chi connectivity index (χ2n) is 5.16. The number of benzene rings is 2. The summed E-state index contributed by atoms with van der Waals surface area (Å²) >= 11 is 1.74. The summed E-state index contributed by atoms with van der Waals surface area (Å²) in [5.41, 5.74) is 2.62. The van der Waals surface area contributed by atoms with Gasteiger partial charge in [0.1, 0.15) is 0 Å². The highest BCUT2D eigenvalue weighted by molar-refractivity contribution is 7.99. The van der Waals surface area contributed by atoms with Crippen molar-refractivity contribution in [1.82, 2.24) is 0 Å². The van der Waals surface area contributed by atoms with Crippen LogP contribution in [0.3, 0.4) is 0 Å². The maximum Gasteiger partial charge on any atom is 0.0634 e. The summed E-state index contributed by atoms with van der Waals surface area (Å²) in [5.74, 6) is 0.776. The van der Waals surface area contributed by atoms with Crippen LogP contribution in [0.1, 0.15) is 24.0 Å². The maximum absolute atomic E-state index is 10.0. The molecule has 1 nitrogen and oxygen atoms in total. The van der Waals surface area contributed by atoms with Crippen LogP contribution in [-0.2, 0) is 6.42 Å². The molecule has 2 aromatic carbocycles. The second-order valence-corrected chi connectivity index (χ2v) is 6.25. The van der Waals surface area contributed by atoms with Gasteiger partial charge in [0.15, 0.2) is 0 Å². The molecule has 20 heavy (non-hydrogen) atoms. The van der Waals surface area contributed by atoms with Gasteiger partial charge in [-0.2, -0.15) is 0 Å². The number of rotatable bonds is 7. The third-order valence-electron chi connectivity index (χ3n) is 3.28. The van der Waals surface area contributed by atoms with Crippen LogP contribution in [0.4, 0.5) is 0 Å². The molecule has 2 heteroatoms. The largest absolute Gasteiger partial charge is 0.392 e. The van der Waals surface area contributed by atoms with Gasteiger partial charge in [-0.3, -0.25) is 0 Å². The zero-order chi connectivity index (χ0) is 14.2. The monoisotopic (exact) mass is 286 g/mol. The van der Waals surface area contributed by atoms with Gasteiger partial charge in [-0.05, 0) is 43.9 Å². The van der Waals surface area contributed by atoms with Crippen molar-refractivity contribution in [2.75, 3.05) is 5.75 Å². The summed E-state index contributed by atoms with van der Waals surface area (Å²) in [6.45, 7) is 2.10. The predicted octanol–water partition coefficient (Wildman–Crippen LogP) is 4.47. The highest BCUT2D eigenvalue weighted by atomic mass is 32.2. The van der Waals surface area contributed by atoms with Crippen LogP contribution in [0.15, 0.2) is 59.5 Å². The molecule has 1 atom stereocenters. The van der Waals surface area contributed by atoms with Crippen molar-refractivity contribution in [3.05, 3.63) is 65.7 Å². The lowest BCUT2D eigenvalue weighted by atomic mass is 10.1. The second kappa shape index (κ2) is 8.13. The minimum Gasteiger partial charge on any atom is -0.392 e. The lowest BCUT2D eigenvalue weighted by Crippen LogP contribution is -2.10. The molecule has 0 saturated heterocycles. The van der Waals surface area contributed by atoms with Gasteiger partial charge in [-0.1, -0.05) is 48.0 Å². The van der Waals surface area contributed by atoms with Gasteiger partial charge >= 0.3 is 0 Å². The third-order valence-corrected chi connectivity index (χ3v) is 4.42. The Morgan fingerprint density at radius 1 is 1.05 bits per heavy atom. The van der Waals surface area contributed by atoms with E-state index >= 15 is 0 Å². The fraction of sp³-hybridized carbons (Fsp3) is 0.333. The van der Waals surface area contributed by atoms with Crippen molar-refractivity contribution < 1.29 is 5.11 Å². The Bertz CT molecular complexity index is 510. The minimum atomic E-state index is -0.218. The van der Waals surface area contributed by atoms with E-state index in [1.54, 1.807) is 11.8 Å². The van der Waals surface area contributed by atoms with Crippen LogP contribution in [0.25, 0.3) is 0 Å². The smallest absolute Gasteiger partial charge is 0.0634 e. The quantitative estimate of drug-likeness (QED) is 0.758. The molecule has 0 aromatic heterocycles. The Balaban J connectivity index is 1.67. The predicted molar refractivity (Wildman–Crippen MR) is 87.3 cm³/mol. The standard InChI is InChI=1S/C18H22OS/c1-15-7-5-12-18(13-15)20-14-17(19)11-6-10-16-8-3-2-4-9-16/h2-5,7-9,12-13,17,19H,6,10-11,14H2,1H3. The number of thioether (sulfide) groups is 1. The first kappa shape index (κ1) is 15.1. The molecule has 2 aromatic rings. The number of aliphatic hydroxyl groups excluding tert-OH is 1. The van der Waals surface area contributed by atoms with E-state index in [2.05, 4.69) is 55.5 Å². The summed E-state index contributed by atoms with van der Waals surface area (Å²) in [6.07, 6.45) is 2.74. The molecule has 0 radical (unpaired) electrons. The molecule has 2 rings (SSSR count).